The molecule has 1 saturated heterocycles. The zero-order valence-electron chi connectivity index (χ0n) is 11.6. The van der Waals surface area contributed by atoms with Gasteiger partial charge in [-0.1, -0.05) is 6.92 Å². The van der Waals surface area contributed by atoms with Crippen molar-refractivity contribution in [3.8, 4) is 0 Å². The molecule has 0 amide bonds. The highest BCUT2D eigenvalue weighted by Crippen LogP contribution is 2.29. The van der Waals surface area contributed by atoms with Crippen LogP contribution in [0, 0.1) is 0 Å². The quantitative estimate of drug-likeness (QED) is 0.877. The van der Waals surface area contributed by atoms with Crippen LogP contribution in [-0.4, -0.2) is 45.8 Å². The Balaban J connectivity index is 2.20. The van der Waals surface area contributed by atoms with Gasteiger partial charge in [0, 0.05) is 37.1 Å². The lowest BCUT2D eigenvalue weighted by atomic mass is 10.0. The molecule has 0 spiro atoms. The Kier molecular flexibility index (Phi) is 4.70. The van der Waals surface area contributed by atoms with Crippen LogP contribution in [0.3, 0.4) is 0 Å². The van der Waals surface area contributed by atoms with Gasteiger partial charge in [-0.15, -0.1) is 0 Å². The zero-order valence-corrected chi connectivity index (χ0v) is 12.4. The van der Waals surface area contributed by atoms with Crippen LogP contribution in [0.4, 0.5) is 0 Å². The first-order valence-corrected chi connectivity index (χ1v) is 7.85. The molecule has 0 aromatic carbocycles. The number of aryl methyl sites for hydroxylation is 2. The summed E-state index contributed by atoms with van der Waals surface area (Å²) in [6.45, 7) is 2.82. The van der Waals surface area contributed by atoms with Crippen molar-refractivity contribution >= 4 is 11.8 Å². The van der Waals surface area contributed by atoms with Crippen molar-refractivity contribution in [2.75, 3.05) is 25.1 Å². The van der Waals surface area contributed by atoms with E-state index in [0.717, 1.165) is 6.42 Å². The van der Waals surface area contributed by atoms with Crippen LogP contribution in [0.15, 0.2) is 6.20 Å². The molecule has 4 nitrogen and oxygen atoms in total. The van der Waals surface area contributed by atoms with Crippen LogP contribution in [0.5, 0.6) is 0 Å². The first kappa shape index (κ1) is 13.9. The maximum Gasteiger partial charge on any atom is 0.0670 e. The van der Waals surface area contributed by atoms with Gasteiger partial charge in [-0.3, -0.25) is 9.58 Å². The minimum Gasteiger partial charge on any atom is -0.329 e. The molecule has 1 fully saturated rings. The molecule has 18 heavy (non-hydrogen) atoms. The molecule has 5 heteroatoms. The van der Waals surface area contributed by atoms with Gasteiger partial charge >= 0.3 is 0 Å². The van der Waals surface area contributed by atoms with Crippen molar-refractivity contribution in [2.24, 2.45) is 12.8 Å². The van der Waals surface area contributed by atoms with Gasteiger partial charge in [0.15, 0.2) is 0 Å². The molecule has 0 radical (unpaired) electrons. The molecule has 0 bridgehead atoms. The Labute approximate surface area is 114 Å². The normalized spacial score (nSPS) is 21.7. The van der Waals surface area contributed by atoms with E-state index in [1.165, 1.54) is 29.2 Å². The van der Waals surface area contributed by atoms with Gasteiger partial charge in [0.25, 0.3) is 0 Å². The molecular formula is C13H24N4S. The van der Waals surface area contributed by atoms with Crippen LogP contribution in [-0.2, 0) is 13.5 Å². The summed E-state index contributed by atoms with van der Waals surface area (Å²) in [4.78, 5) is 2.45. The predicted octanol–water partition coefficient (Wildman–Crippen LogP) is 1.42. The predicted molar refractivity (Wildman–Crippen MR) is 77.9 cm³/mol. The van der Waals surface area contributed by atoms with E-state index in [0.29, 0.717) is 18.6 Å². The zero-order chi connectivity index (χ0) is 13.1. The van der Waals surface area contributed by atoms with E-state index < -0.39 is 0 Å². The molecule has 1 aliphatic rings. The van der Waals surface area contributed by atoms with Gasteiger partial charge in [-0.25, -0.2) is 0 Å². The number of nitrogens with zero attached hydrogens (tertiary/aromatic N) is 3. The highest BCUT2D eigenvalue weighted by Gasteiger charge is 2.28. The van der Waals surface area contributed by atoms with Crippen molar-refractivity contribution in [3.05, 3.63) is 17.5 Å². The minimum absolute atomic E-state index is 0.303. The Hall–Kier alpha value is -0.520. The van der Waals surface area contributed by atoms with Crippen molar-refractivity contribution in [3.63, 3.8) is 0 Å². The lowest BCUT2D eigenvalue weighted by Gasteiger charge is -2.32. The Bertz CT molecular complexity index is 384. The summed E-state index contributed by atoms with van der Waals surface area (Å²) in [6, 6.07) is 0.964. The SMILES string of the molecule is CCc1nn(C)cc1C(CN)N(C)C1CCSC1. The fraction of sp³-hybridized carbons (Fsp3) is 0.769. The van der Waals surface area contributed by atoms with Gasteiger partial charge < -0.3 is 5.73 Å². The fourth-order valence-corrected chi connectivity index (χ4v) is 4.00. The Morgan fingerprint density at radius 3 is 3.00 bits per heavy atom. The fourth-order valence-electron chi connectivity index (χ4n) is 2.72. The Morgan fingerprint density at radius 2 is 2.44 bits per heavy atom. The van der Waals surface area contributed by atoms with E-state index >= 15 is 0 Å². The summed E-state index contributed by atoms with van der Waals surface area (Å²) in [5.74, 6) is 2.51. The molecule has 1 aliphatic heterocycles. The lowest BCUT2D eigenvalue weighted by molar-refractivity contribution is 0.192. The van der Waals surface area contributed by atoms with Gasteiger partial charge in [0.2, 0.25) is 0 Å². The van der Waals surface area contributed by atoms with E-state index in [4.69, 9.17) is 5.73 Å². The van der Waals surface area contributed by atoms with Crippen LogP contribution in [0.25, 0.3) is 0 Å². The molecule has 2 heterocycles. The third-order valence-electron chi connectivity index (χ3n) is 3.83. The number of hydrogen-bond acceptors (Lipinski definition) is 4. The molecule has 1 aromatic rings. The average Bonchev–Trinajstić information content (AvgIpc) is 2.99. The van der Waals surface area contributed by atoms with Crippen molar-refractivity contribution in [2.45, 2.75) is 31.8 Å². The molecule has 0 aliphatic carbocycles. The van der Waals surface area contributed by atoms with Gasteiger partial charge in [-0.2, -0.15) is 16.9 Å². The summed E-state index contributed by atoms with van der Waals surface area (Å²) in [7, 11) is 4.20. The molecule has 0 saturated carbocycles. The van der Waals surface area contributed by atoms with Crippen LogP contribution < -0.4 is 5.73 Å². The number of thioether (sulfide) groups is 1. The number of likely N-dealkylation sites (N-methyl/N-ethyl adjacent to an activating group) is 1. The second-order valence-corrected chi connectivity index (χ2v) is 6.14. The number of aromatic nitrogens is 2. The molecule has 2 N–H and O–H groups in total. The van der Waals surface area contributed by atoms with Gasteiger partial charge in [0.1, 0.15) is 0 Å². The topological polar surface area (TPSA) is 47.1 Å². The van der Waals surface area contributed by atoms with E-state index in [9.17, 15) is 0 Å². The molecule has 102 valence electrons. The summed E-state index contributed by atoms with van der Waals surface area (Å²) in [5, 5.41) is 4.54. The maximum atomic E-state index is 6.02. The smallest absolute Gasteiger partial charge is 0.0670 e. The van der Waals surface area contributed by atoms with E-state index in [-0.39, 0.29) is 0 Å². The third-order valence-corrected chi connectivity index (χ3v) is 4.97. The number of hydrogen-bond donors (Lipinski definition) is 1. The molecular weight excluding hydrogens is 244 g/mol. The standard InChI is InChI=1S/C13H24N4S/c1-4-12-11(8-16(2)15-12)13(7-14)17(3)10-5-6-18-9-10/h8,10,13H,4-7,9,14H2,1-3H3. The van der Waals surface area contributed by atoms with E-state index in [2.05, 4.69) is 30.2 Å². The van der Waals surface area contributed by atoms with Crippen molar-refractivity contribution < 1.29 is 0 Å². The second kappa shape index (κ2) is 6.08. The Morgan fingerprint density at radius 1 is 1.67 bits per heavy atom. The molecule has 2 unspecified atom stereocenters. The maximum absolute atomic E-state index is 6.02. The first-order valence-electron chi connectivity index (χ1n) is 6.69. The van der Waals surface area contributed by atoms with Gasteiger partial charge in [-0.05, 0) is 25.6 Å². The first-order chi connectivity index (χ1) is 8.67. The average molecular weight is 268 g/mol. The van der Waals surface area contributed by atoms with E-state index in [1.807, 2.05) is 23.5 Å². The van der Waals surface area contributed by atoms with Gasteiger partial charge in [0.05, 0.1) is 11.7 Å². The summed E-state index contributed by atoms with van der Waals surface area (Å²) < 4.78 is 1.91. The summed E-state index contributed by atoms with van der Waals surface area (Å²) in [5.41, 5.74) is 8.51. The third kappa shape index (κ3) is 2.73. The molecule has 2 atom stereocenters. The molecule has 2 rings (SSSR count). The van der Waals surface area contributed by atoms with Crippen molar-refractivity contribution in [1.82, 2.24) is 14.7 Å². The summed E-state index contributed by atoms with van der Waals surface area (Å²) >= 11 is 2.05. The highest BCUT2D eigenvalue weighted by atomic mass is 32.2. The van der Waals surface area contributed by atoms with E-state index in [1.54, 1.807) is 0 Å². The lowest BCUT2D eigenvalue weighted by Crippen LogP contribution is -2.38. The van der Waals surface area contributed by atoms with Crippen LogP contribution in [0.2, 0.25) is 0 Å². The molecule has 1 aromatic heterocycles. The second-order valence-electron chi connectivity index (χ2n) is 4.99. The van der Waals surface area contributed by atoms with Crippen molar-refractivity contribution in [1.29, 1.82) is 0 Å². The monoisotopic (exact) mass is 268 g/mol. The number of nitrogens with two attached hydrogens (primary N) is 1. The summed E-state index contributed by atoms with van der Waals surface area (Å²) in [6.07, 6.45) is 4.38. The van der Waals surface area contributed by atoms with Crippen LogP contribution in [0.1, 0.15) is 30.6 Å². The highest BCUT2D eigenvalue weighted by molar-refractivity contribution is 7.99. The van der Waals surface area contributed by atoms with Crippen LogP contribution >= 0.6 is 11.8 Å². The largest absolute Gasteiger partial charge is 0.329 e. The minimum atomic E-state index is 0.303. The number of rotatable bonds is 5.